The van der Waals surface area contributed by atoms with Gasteiger partial charge >= 0.3 is 0 Å². The molecule has 0 aromatic heterocycles. The van der Waals surface area contributed by atoms with Gasteiger partial charge in [-0.1, -0.05) is 129 Å². The maximum atomic E-state index is 6.18. The van der Waals surface area contributed by atoms with Crippen LogP contribution in [0.3, 0.4) is 0 Å². The summed E-state index contributed by atoms with van der Waals surface area (Å²) in [6, 6.07) is 0. The number of likely N-dealkylation sites (N-methyl/N-ethyl adjacent to an activating group) is 1. The third kappa shape index (κ3) is 30.3. The predicted octanol–water partition coefficient (Wildman–Crippen LogP) is 4.38. The van der Waals surface area contributed by atoms with E-state index in [9.17, 15) is 0 Å². The van der Waals surface area contributed by atoms with Crippen LogP contribution in [0.5, 0.6) is 0 Å². The van der Waals surface area contributed by atoms with E-state index in [1.807, 2.05) is 0 Å². The average Bonchev–Trinajstić information content (AvgIpc) is 2.77. The van der Waals surface area contributed by atoms with Gasteiger partial charge in [-0.2, -0.15) is 0 Å². The average molecular weight is 537 g/mol. The summed E-state index contributed by atoms with van der Waals surface area (Å²) in [7, 11) is 4.41. The normalized spacial score (nSPS) is 12.3. The summed E-state index contributed by atoms with van der Waals surface area (Å²) in [6.07, 6.45) is 27.8. The molecule has 33 heavy (non-hydrogen) atoms. The summed E-state index contributed by atoms with van der Waals surface area (Å²) in [4.78, 5) is 1.45. The van der Waals surface area contributed by atoms with Crippen molar-refractivity contribution in [3.63, 3.8) is 0 Å². The molecule has 3 nitrogen and oxygen atoms in total. The maximum Gasteiger partial charge on any atom is 0.129 e. The Balaban J connectivity index is 0. The van der Waals surface area contributed by atoms with Gasteiger partial charge in [0.15, 0.2) is 0 Å². The molecule has 0 bridgehead atoms. The van der Waals surface area contributed by atoms with Gasteiger partial charge in [0.1, 0.15) is 12.6 Å². The van der Waals surface area contributed by atoms with Crippen LogP contribution in [0.4, 0.5) is 0 Å². The lowest BCUT2D eigenvalue weighted by atomic mass is 10.1. The fraction of sp³-hybridized carbons (Fsp3) is 1.00. The van der Waals surface area contributed by atoms with Crippen molar-refractivity contribution in [1.82, 2.24) is 0 Å². The highest BCUT2D eigenvalue weighted by molar-refractivity contribution is 4.56. The van der Waals surface area contributed by atoms with E-state index in [1.165, 1.54) is 133 Å². The van der Waals surface area contributed by atoms with Crippen LogP contribution < -0.4 is 21.9 Å². The molecular formula is C29H62BrNO2. The van der Waals surface area contributed by atoms with Crippen LogP contribution in [0.15, 0.2) is 0 Å². The molecule has 1 N–H and O–H groups in total. The Morgan fingerprint density at radius 3 is 1.27 bits per heavy atom. The number of quaternary nitrogens is 1. The molecule has 0 aromatic rings. The second-order valence-electron chi connectivity index (χ2n) is 10.3. The number of hydrogen-bond acceptors (Lipinski definition) is 2. The summed E-state index contributed by atoms with van der Waals surface area (Å²) in [5, 5.41) is 0. The lowest BCUT2D eigenvalue weighted by Crippen LogP contribution is -3.07. The van der Waals surface area contributed by atoms with E-state index in [4.69, 9.17) is 9.47 Å². The van der Waals surface area contributed by atoms with E-state index in [-0.39, 0.29) is 23.1 Å². The molecule has 0 aliphatic heterocycles. The summed E-state index contributed by atoms with van der Waals surface area (Å²) in [5.41, 5.74) is 0. The zero-order chi connectivity index (χ0) is 23.5. The van der Waals surface area contributed by atoms with Crippen LogP contribution in [0.1, 0.15) is 142 Å². The Kier molecular flexibility index (Phi) is 32.7. The Bertz CT molecular complexity index is 342. The summed E-state index contributed by atoms with van der Waals surface area (Å²) >= 11 is 0. The van der Waals surface area contributed by atoms with Gasteiger partial charge in [0, 0.05) is 13.2 Å². The third-order valence-corrected chi connectivity index (χ3v) is 6.43. The van der Waals surface area contributed by atoms with Gasteiger partial charge in [0.25, 0.3) is 0 Å². The molecule has 0 aliphatic rings. The SMILES string of the molecule is CCCCCCCCCCCCOCC(C[NH+](C)C)OCCCCCCCCCCCC.[Br-]. The molecule has 0 aliphatic carbocycles. The van der Waals surface area contributed by atoms with E-state index in [0.29, 0.717) is 0 Å². The molecule has 0 radical (unpaired) electrons. The van der Waals surface area contributed by atoms with Crippen molar-refractivity contribution in [2.45, 2.75) is 148 Å². The predicted molar refractivity (Wildman–Crippen MR) is 142 cm³/mol. The molecule has 1 unspecified atom stereocenters. The van der Waals surface area contributed by atoms with Gasteiger partial charge < -0.3 is 31.4 Å². The van der Waals surface area contributed by atoms with Gasteiger partial charge in [0.2, 0.25) is 0 Å². The van der Waals surface area contributed by atoms with Crippen LogP contribution in [0.25, 0.3) is 0 Å². The van der Waals surface area contributed by atoms with Crippen molar-refractivity contribution >= 4 is 0 Å². The lowest BCUT2D eigenvalue weighted by Gasteiger charge is -2.20. The number of ether oxygens (including phenoxy) is 2. The molecule has 0 aromatic carbocycles. The van der Waals surface area contributed by atoms with Crippen molar-refractivity contribution in [2.75, 3.05) is 40.5 Å². The molecular weight excluding hydrogens is 474 g/mol. The number of unbranched alkanes of at least 4 members (excludes halogenated alkanes) is 18. The van der Waals surface area contributed by atoms with E-state index < -0.39 is 0 Å². The highest BCUT2D eigenvalue weighted by Gasteiger charge is 2.13. The molecule has 0 rings (SSSR count). The van der Waals surface area contributed by atoms with Crippen LogP contribution >= 0.6 is 0 Å². The standard InChI is InChI=1S/C29H61NO2.BrH/c1-5-7-9-11-13-15-17-19-21-23-25-31-28-29(27-30(3)4)32-26-24-22-20-18-16-14-12-10-8-6-2;/h29H,5-28H2,1-4H3;1H. The summed E-state index contributed by atoms with van der Waals surface area (Å²) in [6.45, 7) is 8.18. The van der Waals surface area contributed by atoms with Gasteiger partial charge in [-0.3, -0.25) is 0 Å². The molecule has 0 amide bonds. The zero-order valence-corrected chi connectivity index (χ0v) is 24.8. The fourth-order valence-corrected chi connectivity index (χ4v) is 4.37. The van der Waals surface area contributed by atoms with E-state index in [2.05, 4.69) is 27.9 Å². The lowest BCUT2D eigenvalue weighted by molar-refractivity contribution is -0.862. The van der Waals surface area contributed by atoms with Crippen molar-refractivity contribution < 1.29 is 31.4 Å². The molecule has 1 atom stereocenters. The Morgan fingerprint density at radius 1 is 0.515 bits per heavy atom. The van der Waals surface area contributed by atoms with Crippen LogP contribution in [-0.4, -0.2) is 46.6 Å². The van der Waals surface area contributed by atoms with E-state index in [0.717, 1.165) is 26.4 Å². The number of hydrogen-bond donors (Lipinski definition) is 1. The Labute approximate surface area is 219 Å². The molecule has 0 saturated carbocycles. The smallest absolute Gasteiger partial charge is 0.129 e. The monoisotopic (exact) mass is 535 g/mol. The van der Waals surface area contributed by atoms with Gasteiger partial charge in [0.05, 0.1) is 20.7 Å². The second-order valence-corrected chi connectivity index (χ2v) is 10.3. The van der Waals surface area contributed by atoms with Crippen LogP contribution in [0.2, 0.25) is 0 Å². The van der Waals surface area contributed by atoms with Crippen molar-refractivity contribution in [3.05, 3.63) is 0 Å². The quantitative estimate of drug-likeness (QED) is 0.158. The largest absolute Gasteiger partial charge is 1.00 e. The first-order valence-corrected chi connectivity index (χ1v) is 14.7. The van der Waals surface area contributed by atoms with Crippen molar-refractivity contribution in [2.24, 2.45) is 0 Å². The van der Waals surface area contributed by atoms with Crippen molar-refractivity contribution in [3.8, 4) is 0 Å². The number of rotatable bonds is 27. The van der Waals surface area contributed by atoms with Gasteiger partial charge in [-0.15, -0.1) is 0 Å². The highest BCUT2D eigenvalue weighted by Crippen LogP contribution is 2.12. The molecule has 0 spiro atoms. The Morgan fingerprint density at radius 2 is 0.879 bits per heavy atom. The van der Waals surface area contributed by atoms with Gasteiger partial charge in [-0.25, -0.2) is 0 Å². The molecule has 4 heteroatoms. The highest BCUT2D eigenvalue weighted by atomic mass is 79.9. The van der Waals surface area contributed by atoms with E-state index >= 15 is 0 Å². The minimum Gasteiger partial charge on any atom is -1.00 e. The van der Waals surface area contributed by atoms with Crippen LogP contribution in [0, 0.1) is 0 Å². The second kappa shape index (κ2) is 30.4. The van der Waals surface area contributed by atoms with E-state index in [1.54, 1.807) is 0 Å². The number of nitrogens with one attached hydrogen (secondary N) is 1. The minimum atomic E-state index is 0. The summed E-state index contributed by atoms with van der Waals surface area (Å²) < 4.78 is 12.2. The van der Waals surface area contributed by atoms with Crippen molar-refractivity contribution in [1.29, 1.82) is 0 Å². The first-order valence-electron chi connectivity index (χ1n) is 14.7. The Hall–Kier alpha value is 0.360. The fourth-order valence-electron chi connectivity index (χ4n) is 4.37. The topological polar surface area (TPSA) is 22.9 Å². The third-order valence-electron chi connectivity index (χ3n) is 6.43. The maximum absolute atomic E-state index is 6.18. The molecule has 0 heterocycles. The number of halogens is 1. The molecule has 0 saturated heterocycles. The first-order chi connectivity index (χ1) is 15.7. The van der Waals surface area contributed by atoms with Crippen LogP contribution in [-0.2, 0) is 9.47 Å². The first kappa shape index (κ1) is 35.5. The molecule has 202 valence electrons. The molecule has 0 fully saturated rings. The zero-order valence-electron chi connectivity index (χ0n) is 23.2. The minimum absolute atomic E-state index is 0. The van der Waals surface area contributed by atoms with Gasteiger partial charge in [-0.05, 0) is 12.8 Å². The summed E-state index contributed by atoms with van der Waals surface area (Å²) in [5.74, 6) is 0.